The Morgan fingerprint density at radius 1 is 0.903 bits per heavy atom. The summed E-state index contributed by atoms with van der Waals surface area (Å²) in [6, 6.07) is 8.09. The number of amides is 2. The Kier molecular flexibility index (Phi) is 5.70. The second-order valence-electron chi connectivity index (χ2n) is 6.84. The predicted octanol–water partition coefficient (Wildman–Crippen LogP) is 2.97. The fraction of sp³-hybridized carbons (Fsp3) is 0.238. The van der Waals surface area contributed by atoms with Gasteiger partial charge < -0.3 is 14.5 Å². The van der Waals surface area contributed by atoms with E-state index >= 15 is 0 Å². The second-order valence-corrected chi connectivity index (χ2v) is 6.84. The summed E-state index contributed by atoms with van der Waals surface area (Å²) >= 11 is 0. The zero-order chi connectivity index (χ0) is 22.0. The number of ether oxygens (including phenoxy) is 1. The van der Waals surface area contributed by atoms with Gasteiger partial charge in [0.2, 0.25) is 0 Å². The molecule has 1 aliphatic heterocycles. The molecule has 3 aromatic rings. The van der Waals surface area contributed by atoms with E-state index in [9.17, 15) is 22.8 Å². The molecule has 0 bridgehead atoms. The predicted molar refractivity (Wildman–Crippen MR) is 104 cm³/mol. The highest BCUT2D eigenvalue weighted by atomic mass is 19.3. The van der Waals surface area contributed by atoms with E-state index < -0.39 is 24.2 Å². The second kappa shape index (κ2) is 8.58. The quantitative estimate of drug-likeness (QED) is 0.636. The van der Waals surface area contributed by atoms with Gasteiger partial charge in [-0.1, -0.05) is 12.1 Å². The molecule has 0 atom stereocenters. The molecule has 2 heterocycles. The van der Waals surface area contributed by atoms with Crippen molar-refractivity contribution < 1.29 is 27.5 Å². The van der Waals surface area contributed by atoms with Crippen LogP contribution in [0.3, 0.4) is 0 Å². The third kappa shape index (κ3) is 4.27. The minimum absolute atomic E-state index is 0.0222. The van der Waals surface area contributed by atoms with Gasteiger partial charge in [0.05, 0.1) is 16.6 Å². The number of halogens is 3. The molecule has 1 aromatic heterocycles. The van der Waals surface area contributed by atoms with Crippen molar-refractivity contribution in [2.45, 2.75) is 6.61 Å². The number of fused-ring (bicyclic) bond motifs is 1. The molecule has 4 rings (SSSR count). The molecule has 0 saturated carbocycles. The van der Waals surface area contributed by atoms with Gasteiger partial charge in [-0.15, -0.1) is 0 Å². The van der Waals surface area contributed by atoms with Crippen molar-refractivity contribution in [1.82, 2.24) is 19.8 Å². The molecule has 0 aliphatic carbocycles. The Morgan fingerprint density at radius 3 is 2.19 bits per heavy atom. The largest absolute Gasteiger partial charge is 0.434 e. The molecule has 31 heavy (non-hydrogen) atoms. The molecule has 2 aromatic carbocycles. The first-order valence-corrected chi connectivity index (χ1v) is 9.46. The van der Waals surface area contributed by atoms with E-state index in [0.717, 1.165) is 6.07 Å². The maximum Gasteiger partial charge on any atom is 0.387 e. The smallest absolute Gasteiger partial charge is 0.387 e. The van der Waals surface area contributed by atoms with Gasteiger partial charge in [0.25, 0.3) is 11.8 Å². The van der Waals surface area contributed by atoms with Crippen LogP contribution < -0.4 is 4.74 Å². The number of rotatable bonds is 4. The number of alkyl halides is 2. The lowest BCUT2D eigenvalue weighted by Gasteiger charge is -2.35. The third-order valence-corrected chi connectivity index (χ3v) is 4.96. The number of nitrogens with zero attached hydrogens (tertiary/aromatic N) is 4. The van der Waals surface area contributed by atoms with Crippen LogP contribution in [0.25, 0.3) is 11.0 Å². The van der Waals surface area contributed by atoms with Crippen LogP contribution >= 0.6 is 0 Å². The minimum atomic E-state index is -3.05. The lowest BCUT2D eigenvalue weighted by molar-refractivity contribution is -0.0503. The average Bonchev–Trinajstić information content (AvgIpc) is 2.77. The lowest BCUT2D eigenvalue weighted by Crippen LogP contribution is -2.50. The lowest BCUT2D eigenvalue weighted by atomic mass is 10.1. The fourth-order valence-corrected chi connectivity index (χ4v) is 3.50. The van der Waals surface area contributed by atoms with E-state index in [4.69, 9.17) is 0 Å². The standard InChI is InChI=1S/C21H17F3N4O3/c22-13-11-15(18-16(12-13)25-5-6-26-18)20(30)28-9-7-27(8-10-28)19(29)14-3-1-2-4-17(14)31-21(23)24/h1-6,11-12,21H,7-10H2. The van der Waals surface area contributed by atoms with E-state index in [1.165, 1.54) is 46.5 Å². The van der Waals surface area contributed by atoms with Gasteiger partial charge in [0.15, 0.2) is 0 Å². The van der Waals surface area contributed by atoms with Crippen molar-refractivity contribution in [1.29, 1.82) is 0 Å². The first-order valence-electron chi connectivity index (χ1n) is 9.46. The van der Waals surface area contributed by atoms with E-state index in [2.05, 4.69) is 14.7 Å². The zero-order valence-corrected chi connectivity index (χ0v) is 16.2. The normalized spacial score (nSPS) is 14.2. The summed E-state index contributed by atoms with van der Waals surface area (Å²) in [7, 11) is 0. The number of carbonyl (C=O) groups excluding carboxylic acids is 2. The third-order valence-electron chi connectivity index (χ3n) is 4.96. The molecule has 0 N–H and O–H groups in total. The van der Waals surface area contributed by atoms with Crippen LogP contribution in [0, 0.1) is 5.82 Å². The minimum Gasteiger partial charge on any atom is -0.434 e. The number of hydrogen-bond acceptors (Lipinski definition) is 5. The van der Waals surface area contributed by atoms with Gasteiger partial charge in [-0.3, -0.25) is 19.6 Å². The topological polar surface area (TPSA) is 75.6 Å². The Balaban J connectivity index is 1.49. The fourth-order valence-electron chi connectivity index (χ4n) is 3.50. The Morgan fingerprint density at radius 2 is 1.52 bits per heavy atom. The monoisotopic (exact) mass is 430 g/mol. The summed E-state index contributed by atoms with van der Waals surface area (Å²) in [4.78, 5) is 36.9. The van der Waals surface area contributed by atoms with Gasteiger partial charge in [-0.05, 0) is 18.2 Å². The van der Waals surface area contributed by atoms with Crippen LogP contribution in [0.1, 0.15) is 20.7 Å². The number of piperazine rings is 1. The average molecular weight is 430 g/mol. The highest BCUT2D eigenvalue weighted by Gasteiger charge is 2.28. The Labute approximate surface area is 175 Å². The van der Waals surface area contributed by atoms with Crippen molar-refractivity contribution in [3.63, 3.8) is 0 Å². The maximum atomic E-state index is 14.0. The number of hydrogen-bond donors (Lipinski definition) is 0. The van der Waals surface area contributed by atoms with Crippen LogP contribution in [-0.2, 0) is 0 Å². The van der Waals surface area contributed by atoms with E-state index in [1.807, 2.05) is 0 Å². The van der Waals surface area contributed by atoms with Crippen LogP contribution in [0.5, 0.6) is 5.75 Å². The SMILES string of the molecule is O=C(c1ccccc1OC(F)F)N1CCN(C(=O)c2cc(F)cc3nccnc23)CC1. The summed E-state index contributed by atoms with van der Waals surface area (Å²) in [5, 5.41) is 0. The molecule has 2 amide bonds. The van der Waals surface area contributed by atoms with Gasteiger partial charge in [-0.25, -0.2) is 4.39 Å². The molecule has 160 valence electrons. The molecule has 1 saturated heterocycles. The summed E-state index contributed by atoms with van der Waals surface area (Å²) in [5.74, 6) is -1.68. The molecule has 7 nitrogen and oxygen atoms in total. The number of aromatic nitrogens is 2. The summed E-state index contributed by atoms with van der Waals surface area (Å²) in [6.07, 6.45) is 2.84. The first-order chi connectivity index (χ1) is 14.9. The van der Waals surface area contributed by atoms with Crippen molar-refractivity contribution in [2.24, 2.45) is 0 Å². The zero-order valence-electron chi connectivity index (χ0n) is 16.2. The Bertz CT molecular complexity index is 1130. The number of carbonyl (C=O) groups is 2. The molecule has 0 unspecified atom stereocenters. The van der Waals surface area contributed by atoms with Crippen LogP contribution in [0.15, 0.2) is 48.8 Å². The highest BCUT2D eigenvalue weighted by Crippen LogP contribution is 2.23. The summed E-state index contributed by atoms with van der Waals surface area (Å²) in [5.41, 5.74) is 0.688. The molecule has 0 spiro atoms. The van der Waals surface area contributed by atoms with Gasteiger partial charge in [0, 0.05) is 44.6 Å². The van der Waals surface area contributed by atoms with E-state index in [0.29, 0.717) is 5.52 Å². The van der Waals surface area contributed by atoms with Crippen LogP contribution in [-0.4, -0.2) is 64.4 Å². The molecule has 1 fully saturated rings. The van der Waals surface area contributed by atoms with E-state index in [-0.39, 0.29) is 48.6 Å². The van der Waals surface area contributed by atoms with Crippen molar-refractivity contribution in [3.05, 3.63) is 65.7 Å². The molecular formula is C21H17F3N4O3. The van der Waals surface area contributed by atoms with Crippen LogP contribution in [0.2, 0.25) is 0 Å². The van der Waals surface area contributed by atoms with Gasteiger partial charge in [-0.2, -0.15) is 8.78 Å². The number of benzene rings is 2. The maximum absolute atomic E-state index is 14.0. The highest BCUT2D eigenvalue weighted by molar-refractivity contribution is 6.05. The van der Waals surface area contributed by atoms with Crippen LogP contribution in [0.4, 0.5) is 13.2 Å². The van der Waals surface area contributed by atoms with Crippen molar-refractivity contribution in [3.8, 4) is 5.75 Å². The molecule has 0 radical (unpaired) electrons. The number of para-hydroxylation sites is 1. The van der Waals surface area contributed by atoms with Crippen molar-refractivity contribution in [2.75, 3.05) is 26.2 Å². The molecule has 10 heteroatoms. The molecular weight excluding hydrogens is 413 g/mol. The van der Waals surface area contributed by atoms with Crippen molar-refractivity contribution >= 4 is 22.8 Å². The first kappa shape index (κ1) is 20.6. The Hall–Kier alpha value is -3.69. The molecule has 1 aliphatic rings. The van der Waals surface area contributed by atoms with Gasteiger partial charge in [0.1, 0.15) is 17.1 Å². The van der Waals surface area contributed by atoms with E-state index in [1.54, 1.807) is 6.07 Å². The summed E-state index contributed by atoms with van der Waals surface area (Å²) in [6.45, 7) is -2.28. The summed E-state index contributed by atoms with van der Waals surface area (Å²) < 4.78 is 43.6. The van der Waals surface area contributed by atoms with Gasteiger partial charge >= 0.3 is 6.61 Å².